The van der Waals surface area contributed by atoms with Crippen molar-refractivity contribution in [2.45, 2.75) is 26.5 Å². The molecular weight excluding hydrogens is 240 g/mol. The quantitative estimate of drug-likeness (QED) is 0.842. The molecule has 0 aliphatic carbocycles. The fraction of sp³-hybridized carbons (Fsp3) is 0.455. The van der Waals surface area contributed by atoms with E-state index in [-0.39, 0.29) is 0 Å². The molecule has 0 aliphatic rings. The predicted octanol–water partition coefficient (Wildman–Crippen LogP) is 2.43. The molecule has 5 nitrogen and oxygen atoms in total. The highest BCUT2D eigenvalue weighted by Gasteiger charge is 2.07. The Labute approximate surface area is 105 Å². The third-order valence-corrected chi connectivity index (χ3v) is 2.85. The van der Waals surface area contributed by atoms with Crippen molar-refractivity contribution < 1.29 is 4.74 Å². The Kier molecular flexibility index (Phi) is 3.38. The number of imidazole rings is 1. The van der Waals surface area contributed by atoms with Crippen LogP contribution in [0.25, 0.3) is 0 Å². The van der Waals surface area contributed by atoms with Crippen molar-refractivity contribution in [3.8, 4) is 5.75 Å². The zero-order valence-electron chi connectivity index (χ0n) is 10.1. The molecule has 0 saturated heterocycles. The van der Waals surface area contributed by atoms with E-state index in [2.05, 4.69) is 23.9 Å². The summed E-state index contributed by atoms with van der Waals surface area (Å²) in [7, 11) is 1.85. The lowest BCUT2D eigenvalue weighted by atomic mass is 10.4. The van der Waals surface area contributed by atoms with Crippen LogP contribution in [0.15, 0.2) is 18.6 Å². The first kappa shape index (κ1) is 12.0. The fourth-order valence-corrected chi connectivity index (χ4v) is 1.53. The first-order valence-electron chi connectivity index (χ1n) is 5.41. The number of ether oxygens (including phenoxy) is 1. The Morgan fingerprint density at radius 3 is 2.71 bits per heavy atom. The SMILES string of the molecule is CC(C)n1cc(OCc2ncc(Cl)n2C)cn1. The fourth-order valence-electron chi connectivity index (χ4n) is 1.38. The van der Waals surface area contributed by atoms with E-state index < -0.39 is 0 Å². The van der Waals surface area contributed by atoms with Gasteiger partial charge in [0.15, 0.2) is 5.75 Å². The largest absolute Gasteiger partial charge is 0.482 e. The van der Waals surface area contributed by atoms with Gasteiger partial charge in [-0.2, -0.15) is 5.10 Å². The molecule has 0 fully saturated rings. The number of halogens is 1. The number of aromatic nitrogens is 4. The molecule has 2 aromatic heterocycles. The summed E-state index contributed by atoms with van der Waals surface area (Å²) >= 11 is 5.89. The van der Waals surface area contributed by atoms with Gasteiger partial charge in [0, 0.05) is 13.1 Å². The van der Waals surface area contributed by atoms with Crippen molar-refractivity contribution >= 4 is 11.6 Å². The van der Waals surface area contributed by atoms with E-state index >= 15 is 0 Å². The lowest BCUT2D eigenvalue weighted by molar-refractivity contribution is 0.291. The Bertz CT molecular complexity index is 503. The molecule has 0 unspecified atom stereocenters. The molecule has 0 radical (unpaired) electrons. The molecule has 0 atom stereocenters. The maximum absolute atomic E-state index is 5.89. The van der Waals surface area contributed by atoms with Crippen LogP contribution in [0.4, 0.5) is 0 Å². The van der Waals surface area contributed by atoms with E-state index in [0.29, 0.717) is 17.8 Å². The van der Waals surface area contributed by atoms with E-state index in [9.17, 15) is 0 Å². The zero-order chi connectivity index (χ0) is 12.4. The summed E-state index contributed by atoms with van der Waals surface area (Å²) in [5.74, 6) is 1.52. The van der Waals surface area contributed by atoms with Gasteiger partial charge in [-0.25, -0.2) is 4.98 Å². The molecule has 0 N–H and O–H groups in total. The molecule has 0 aliphatic heterocycles. The summed E-state index contributed by atoms with van der Waals surface area (Å²) in [6.45, 7) is 4.51. The Morgan fingerprint density at radius 1 is 1.41 bits per heavy atom. The predicted molar refractivity (Wildman–Crippen MR) is 65.2 cm³/mol. The van der Waals surface area contributed by atoms with Crippen LogP contribution in [0.2, 0.25) is 5.15 Å². The van der Waals surface area contributed by atoms with Gasteiger partial charge in [0.25, 0.3) is 0 Å². The lowest BCUT2D eigenvalue weighted by Gasteiger charge is -2.05. The molecule has 0 amide bonds. The van der Waals surface area contributed by atoms with Crippen LogP contribution in [0.1, 0.15) is 25.7 Å². The third kappa shape index (κ3) is 2.61. The summed E-state index contributed by atoms with van der Waals surface area (Å²) in [6.07, 6.45) is 5.18. The number of hydrogen-bond acceptors (Lipinski definition) is 3. The van der Waals surface area contributed by atoms with Gasteiger partial charge >= 0.3 is 0 Å². The van der Waals surface area contributed by atoms with Crippen LogP contribution in [0.5, 0.6) is 5.75 Å². The molecule has 6 heteroatoms. The average Bonchev–Trinajstić information content (AvgIpc) is 2.86. The minimum absolute atomic E-state index is 0.329. The van der Waals surface area contributed by atoms with Crippen molar-refractivity contribution in [1.29, 1.82) is 0 Å². The minimum atomic E-state index is 0.329. The van der Waals surface area contributed by atoms with Crippen LogP contribution in [-0.4, -0.2) is 19.3 Å². The molecule has 2 aromatic rings. The van der Waals surface area contributed by atoms with Gasteiger partial charge in [-0.1, -0.05) is 11.6 Å². The molecule has 17 heavy (non-hydrogen) atoms. The second-order valence-corrected chi connectivity index (χ2v) is 4.48. The third-order valence-electron chi connectivity index (χ3n) is 2.50. The van der Waals surface area contributed by atoms with Gasteiger partial charge in [-0.15, -0.1) is 0 Å². The second-order valence-electron chi connectivity index (χ2n) is 4.09. The maximum atomic E-state index is 5.89. The van der Waals surface area contributed by atoms with Crippen molar-refractivity contribution in [3.63, 3.8) is 0 Å². The van der Waals surface area contributed by atoms with Gasteiger partial charge in [-0.05, 0) is 13.8 Å². The van der Waals surface area contributed by atoms with E-state index in [1.165, 1.54) is 0 Å². The van der Waals surface area contributed by atoms with Gasteiger partial charge in [0.05, 0.1) is 18.6 Å². The first-order chi connectivity index (χ1) is 8.08. The van der Waals surface area contributed by atoms with E-state index in [1.54, 1.807) is 17.0 Å². The molecule has 0 saturated carbocycles. The monoisotopic (exact) mass is 254 g/mol. The topological polar surface area (TPSA) is 44.9 Å². The molecular formula is C11H15ClN4O. The van der Waals surface area contributed by atoms with Crippen LogP contribution in [-0.2, 0) is 13.7 Å². The zero-order valence-corrected chi connectivity index (χ0v) is 10.8. The van der Waals surface area contributed by atoms with Crippen molar-refractivity contribution in [3.05, 3.63) is 29.6 Å². The van der Waals surface area contributed by atoms with Gasteiger partial charge in [0.2, 0.25) is 0 Å². The molecule has 2 rings (SSSR count). The normalized spacial score (nSPS) is 11.1. The highest BCUT2D eigenvalue weighted by molar-refractivity contribution is 6.29. The lowest BCUT2D eigenvalue weighted by Crippen LogP contribution is -2.03. The standard InChI is InChI=1S/C11H15ClN4O/c1-8(2)16-6-9(4-14-16)17-7-11-13-5-10(12)15(11)3/h4-6,8H,7H2,1-3H3. The Hall–Kier alpha value is -1.49. The summed E-state index contributed by atoms with van der Waals surface area (Å²) in [5, 5.41) is 4.79. The highest BCUT2D eigenvalue weighted by Crippen LogP contribution is 2.15. The van der Waals surface area contributed by atoms with Crippen molar-refractivity contribution in [2.24, 2.45) is 7.05 Å². The molecule has 0 aromatic carbocycles. The van der Waals surface area contributed by atoms with E-state index in [0.717, 1.165) is 11.6 Å². The average molecular weight is 255 g/mol. The van der Waals surface area contributed by atoms with Crippen molar-refractivity contribution in [1.82, 2.24) is 19.3 Å². The minimum Gasteiger partial charge on any atom is -0.482 e. The van der Waals surface area contributed by atoms with Crippen LogP contribution in [0.3, 0.4) is 0 Å². The summed E-state index contributed by atoms with van der Waals surface area (Å²) in [5.41, 5.74) is 0. The second kappa shape index (κ2) is 4.79. The first-order valence-corrected chi connectivity index (χ1v) is 5.78. The molecule has 2 heterocycles. The van der Waals surface area contributed by atoms with Crippen molar-refractivity contribution in [2.75, 3.05) is 0 Å². The van der Waals surface area contributed by atoms with Crippen LogP contribution < -0.4 is 4.74 Å². The number of rotatable bonds is 4. The van der Waals surface area contributed by atoms with Crippen LogP contribution >= 0.6 is 11.6 Å². The molecule has 92 valence electrons. The number of hydrogen-bond donors (Lipinski definition) is 0. The van der Waals surface area contributed by atoms with Gasteiger partial charge in [-0.3, -0.25) is 4.68 Å². The maximum Gasteiger partial charge on any atom is 0.157 e. The summed E-state index contributed by atoms with van der Waals surface area (Å²) < 4.78 is 9.23. The van der Waals surface area contributed by atoms with Gasteiger partial charge in [0.1, 0.15) is 17.6 Å². The highest BCUT2D eigenvalue weighted by atomic mass is 35.5. The molecule has 0 spiro atoms. The molecule has 0 bridgehead atoms. The van der Waals surface area contributed by atoms with E-state index in [1.807, 2.05) is 17.9 Å². The van der Waals surface area contributed by atoms with E-state index in [4.69, 9.17) is 16.3 Å². The Balaban J connectivity index is 2.00. The van der Waals surface area contributed by atoms with Crippen LogP contribution in [0, 0.1) is 0 Å². The summed E-state index contributed by atoms with van der Waals surface area (Å²) in [4.78, 5) is 4.15. The summed E-state index contributed by atoms with van der Waals surface area (Å²) in [6, 6.07) is 0.329. The Morgan fingerprint density at radius 2 is 2.18 bits per heavy atom. The smallest absolute Gasteiger partial charge is 0.157 e. The number of nitrogens with zero attached hydrogens (tertiary/aromatic N) is 4. The van der Waals surface area contributed by atoms with Gasteiger partial charge < -0.3 is 9.30 Å².